The summed E-state index contributed by atoms with van der Waals surface area (Å²) in [6, 6.07) is 0. The molecule has 1 aliphatic rings. The standard InChI is InChI=1S/C12H12.V/c1-3-11(4-2)12-9-7-5-6-8-10-12;/h1,3-5,7-10H,2,6H2;/b11-3+;. The molecule has 0 radical (unpaired) electrons. The summed E-state index contributed by atoms with van der Waals surface area (Å²) < 4.78 is 1.97. The zero-order valence-electron chi connectivity index (χ0n) is 7.48. The van der Waals surface area contributed by atoms with E-state index in [1.807, 2.05) is 16.9 Å². The van der Waals surface area contributed by atoms with E-state index < -0.39 is 0 Å². The normalized spacial score (nSPS) is 16.2. The Morgan fingerprint density at radius 3 is 3.00 bits per heavy atom. The van der Waals surface area contributed by atoms with Crippen molar-refractivity contribution in [3.8, 4) is 0 Å². The van der Waals surface area contributed by atoms with Crippen LogP contribution in [0.3, 0.4) is 0 Å². The average Bonchev–Trinajstić information content (AvgIpc) is 2.42. The molecule has 0 amide bonds. The van der Waals surface area contributed by atoms with Crippen LogP contribution in [0, 0.1) is 0 Å². The van der Waals surface area contributed by atoms with Gasteiger partial charge in [-0.3, -0.25) is 0 Å². The molecule has 0 atom stereocenters. The number of allylic oxidation sites excluding steroid dienone is 9. The van der Waals surface area contributed by atoms with Gasteiger partial charge in [0.15, 0.2) is 0 Å². The van der Waals surface area contributed by atoms with Gasteiger partial charge >= 0.3 is 88.4 Å². The van der Waals surface area contributed by atoms with Gasteiger partial charge in [-0.1, -0.05) is 0 Å². The molecule has 0 unspecified atom stereocenters. The van der Waals surface area contributed by atoms with E-state index in [1.54, 1.807) is 0 Å². The molecule has 0 saturated carbocycles. The van der Waals surface area contributed by atoms with Crippen molar-refractivity contribution in [3.05, 3.63) is 60.3 Å². The van der Waals surface area contributed by atoms with Crippen LogP contribution in [0.5, 0.6) is 0 Å². The van der Waals surface area contributed by atoms with Crippen LogP contribution in [0.25, 0.3) is 0 Å². The molecule has 0 heterocycles. The van der Waals surface area contributed by atoms with E-state index in [4.69, 9.17) is 0 Å². The van der Waals surface area contributed by atoms with Crippen LogP contribution in [0.15, 0.2) is 60.3 Å². The summed E-state index contributed by atoms with van der Waals surface area (Å²) in [5.74, 6) is 0. The van der Waals surface area contributed by atoms with Crippen molar-refractivity contribution in [2.75, 3.05) is 0 Å². The molecule has 1 heteroatoms. The van der Waals surface area contributed by atoms with Gasteiger partial charge in [0.25, 0.3) is 0 Å². The van der Waals surface area contributed by atoms with Crippen molar-refractivity contribution in [2.45, 2.75) is 6.42 Å². The maximum atomic E-state index is 3.79. The van der Waals surface area contributed by atoms with Gasteiger partial charge in [0.05, 0.1) is 0 Å². The van der Waals surface area contributed by atoms with Crippen LogP contribution in [0.2, 0.25) is 0 Å². The van der Waals surface area contributed by atoms with E-state index in [0.29, 0.717) is 0 Å². The van der Waals surface area contributed by atoms with Gasteiger partial charge in [-0.25, -0.2) is 0 Å². The van der Waals surface area contributed by atoms with Gasteiger partial charge in [0.1, 0.15) is 0 Å². The molecule has 0 spiro atoms. The van der Waals surface area contributed by atoms with Crippen LogP contribution in [-0.4, -0.2) is 4.73 Å². The second kappa shape index (κ2) is 5.74. The predicted octanol–water partition coefficient (Wildman–Crippen LogP) is 2.89. The monoisotopic (exact) mass is 207 g/mol. The Bertz CT molecular complexity index is 314. The molecule has 13 heavy (non-hydrogen) atoms. The van der Waals surface area contributed by atoms with E-state index in [9.17, 15) is 0 Å². The maximum absolute atomic E-state index is 3.79. The Hall–Kier alpha value is -0.846. The molecule has 0 saturated heterocycles. The minimum atomic E-state index is 1.01. The molecule has 0 bridgehead atoms. The fraction of sp³-hybridized carbons (Fsp3) is 0.0833. The zero-order valence-corrected chi connectivity index (χ0v) is 8.88. The Balaban J connectivity index is 2.96. The van der Waals surface area contributed by atoms with Gasteiger partial charge in [-0.2, -0.15) is 0 Å². The number of rotatable bonds is 3. The summed E-state index contributed by atoms with van der Waals surface area (Å²) in [6.45, 7) is 3.79. The average molecular weight is 207 g/mol. The second-order valence-electron chi connectivity index (χ2n) is 2.66. The van der Waals surface area contributed by atoms with Crippen molar-refractivity contribution < 1.29 is 17.0 Å². The first-order valence-electron chi connectivity index (χ1n) is 4.22. The van der Waals surface area contributed by atoms with Crippen LogP contribution in [0.1, 0.15) is 6.42 Å². The van der Waals surface area contributed by atoms with Gasteiger partial charge < -0.3 is 0 Å². The molecule has 65 valence electrons. The van der Waals surface area contributed by atoms with Crippen LogP contribution in [-0.2, 0) is 17.0 Å². The van der Waals surface area contributed by atoms with Gasteiger partial charge in [-0.15, -0.1) is 0 Å². The number of hydrogen-bond donors (Lipinski definition) is 0. The Morgan fingerprint density at radius 1 is 1.46 bits per heavy atom. The van der Waals surface area contributed by atoms with E-state index in [1.165, 1.54) is 5.57 Å². The third-order valence-electron chi connectivity index (χ3n) is 1.79. The summed E-state index contributed by atoms with van der Waals surface area (Å²) >= 11 is 2.43. The van der Waals surface area contributed by atoms with Gasteiger partial charge in [0, 0.05) is 0 Å². The molecule has 0 aromatic carbocycles. The summed E-state index contributed by atoms with van der Waals surface area (Å²) in [6.07, 6.45) is 15.5. The predicted molar refractivity (Wildman–Crippen MR) is 55.3 cm³/mol. The van der Waals surface area contributed by atoms with E-state index >= 15 is 0 Å². The summed E-state index contributed by atoms with van der Waals surface area (Å²) in [5, 5.41) is 0. The fourth-order valence-electron chi connectivity index (χ4n) is 1.13. The molecular weight excluding hydrogens is 195 g/mol. The third kappa shape index (κ3) is 3.18. The molecular formula is C12H12V. The summed E-state index contributed by atoms with van der Waals surface area (Å²) in [7, 11) is 0. The Kier molecular flexibility index (Phi) is 4.52. The summed E-state index contributed by atoms with van der Waals surface area (Å²) in [5.41, 5.74) is 2.37. The van der Waals surface area contributed by atoms with Crippen molar-refractivity contribution >= 4 is 4.73 Å². The summed E-state index contributed by atoms with van der Waals surface area (Å²) in [4.78, 5) is 0. The fourth-order valence-corrected chi connectivity index (χ4v) is 1.39. The van der Waals surface area contributed by atoms with Crippen molar-refractivity contribution in [3.63, 3.8) is 0 Å². The first kappa shape index (κ1) is 10.2. The molecule has 0 aromatic rings. The molecule has 0 nitrogen and oxygen atoms in total. The topological polar surface area (TPSA) is 0 Å². The van der Waals surface area contributed by atoms with Gasteiger partial charge in [0.2, 0.25) is 0 Å². The van der Waals surface area contributed by atoms with Crippen molar-refractivity contribution in [1.82, 2.24) is 0 Å². The molecule has 0 N–H and O–H groups in total. The third-order valence-corrected chi connectivity index (χ3v) is 2.02. The second-order valence-corrected chi connectivity index (χ2v) is 3.13. The zero-order chi connectivity index (χ0) is 9.52. The van der Waals surface area contributed by atoms with E-state index in [2.05, 4.69) is 53.9 Å². The van der Waals surface area contributed by atoms with E-state index in [0.717, 1.165) is 12.0 Å². The van der Waals surface area contributed by atoms with Crippen molar-refractivity contribution in [2.24, 2.45) is 0 Å². The first-order chi connectivity index (χ1) is 6.38. The Labute approximate surface area is 88.5 Å². The van der Waals surface area contributed by atoms with Crippen LogP contribution in [0.4, 0.5) is 0 Å². The van der Waals surface area contributed by atoms with Crippen LogP contribution >= 0.6 is 0 Å². The van der Waals surface area contributed by atoms with Crippen molar-refractivity contribution in [1.29, 1.82) is 0 Å². The molecule has 1 aliphatic carbocycles. The molecule has 1 rings (SSSR count). The van der Waals surface area contributed by atoms with Gasteiger partial charge in [-0.05, 0) is 0 Å². The minimum absolute atomic E-state index is 1.01. The van der Waals surface area contributed by atoms with E-state index in [-0.39, 0.29) is 0 Å². The SMILES string of the molecule is C=C/C(=C\[CH]=[V])C1=CC=CCC=C1. The first-order valence-corrected chi connectivity index (χ1v) is 5.03. The molecule has 0 aromatic heterocycles. The quantitative estimate of drug-likeness (QED) is 0.624. The Morgan fingerprint density at radius 2 is 2.31 bits per heavy atom. The molecule has 0 aliphatic heterocycles. The number of hydrogen-bond acceptors (Lipinski definition) is 0. The molecule has 0 fully saturated rings. The van der Waals surface area contributed by atoms with Crippen LogP contribution < -0.4 is 0 Å².